The lowest BCUT2D eigenvalue weighted by Crippen LogP contribution is -2.50. The van der Waals surface area contributed by atoms with Crippen LogP contribution in [-0.2, 0) is 19.1 Å². The lowest BCUT2D eigenvalue weighted by molar-refractivity contribution is -0.137. The molecule has 10 rings (SSSR count). The summed E-state index contributed by atoms with van der Waals surface area (Å²) >= 11 is 0. The van der Waals surface area contributed by atoms with Crippen molar-refractivity contribution in [1.29, 1.82) is 0 Å². The second-order valence-corrected chi connectivity index (χ2v) is 20.5. The summed E-state index contributed by atoms with van der Waals surface area (Å²) in [5, 5.41) is 14.5. The topological polar surface area (TPSA) is 201 Å². The van der Waals surface area contributed by atoms with E-state index < -0.39 is 83.6 Å². The predicted molar refractivity (Wildman–Crippen MR) is 274 cm³/mol. The number of H-pyrrole nitrogens is 2. The Labute approximate surface area is 436 Å². The summed E-state index contributed by atoms with van der Waals surface area (Å²) in [5.74, 6) is -3.53. The van der Waals surface area contributed by atoms with Crippen molar-refractivity contribution >= 4 is 57.4 Å². The molecule has 4 aliphatic heterocycles. The van der Waals surface area contributed by atoms with Crippen LogP contribution in [0.5, 0.6) is 0 Å². The number of hydrogen-bond donors (Lipinski definition) is 5. The number of benzene rings is 4. The number of carboxylic acid groups (broad SMARTS) is 1. The van der Waals surface area contributed by atoms with E-state index in [0.29, 0.717) is 78.9 Å². The number of fused-ring (bicyclic) bond motifs is 2. The zero-order valence-electron chi connectivity index (χ0n) is 42.8. The second-order valence-electron chi connectivity index (χ2n) is 20.5. The third-order valence-electron chi connectivity index (χ3n) is 15.6. The molecule has 7 atom stereocenters. The van der Waals surface area contributed by atoms with Crippen LogP contribution in [0.25, 0.3) is 22.1 Å². The Morgan fingerprint density at radius 3 is 1.86 bits per heavy atom. The molecule has 0 aliphatic carbocycles. The van der Waals surface area contributed by atoms with Gasteiger partial charge >= 0.3 is 12.2 Å². The van der Waals surface area contributed by atoms with Crippen molar-refractivity contribution in [1.82, 2.24) is 40.4 Å². The van der Waals surface area contributed by atoms with Crippen molar-refractivity contribution in [3.8, 4) is 0 Å². The zero-order valence-corrected chi connectivity index (χ0v) is 42.8. The number of aromatic amines is 2. The molecule has 21 heteroatoms. The Bertz CT molecular complexity index is 3130. The standard InChI is InChI=1S/C55H62F4N10O7/c1-5-30(27-60-55(74)75-4)52(70)67-17-9-13-45(67)50-61-39-23-33(35(56)25-41(39)63-50)43-15-16-44(69(43)32-21-37(58)49(38(59)22-32)66-19-20-76-47(28-66)31-11-7-6-8-12-31)34-24-40-42(26-36(34)57)64-51(62-40)46-14-10-18-68(46)53(71)48(29(2)3)65-54(72)73/h6-8,11-12,21-26,29-30,43-48,65H,5,9-10,13-20,27-28H2,1-4H3,(H,60,74)(H,61,63)(H,62,64)(H,72,73)/t30-,43+,44+,45-,46-,47+,48-/m0/s1. The number of aromatic nitrogens is 4. The molecular weight excluding hydrogens is 989 g/mol. The number of alkyl carbamates (subject to hydrolysis) is 1. The maximum Gasteiger partial charge on any atom is 0.406 e. The smallest absolute Gasteiger partial charge is 0.406 e. The first-order chi connectivity index (χ1) is 36.6. The van der Waals surface area contributed by atoms with Crippen LogP contribution in [0.2, 0.25) is 0 Å². The zero-order chi connectivity index (χ0) is 53.5. The molecular formula is C55H62F4N10O7. The summed E-state index contributed by atoms with van der Waals surface area (Å²) in [4.78, 5) is 74.0. The van der Waals surface area contributed by atoms with Crippen molar-refractivity contribution in [3.63, 3.8) is 0 Å². The van der Waals surface area contributed by atoms with E-state index in [1.165, 1.54) is 31.4 Å². The maximum absolute atomic E-state index is 16.9. The minimum atomic E-state index is -1.32. The third kappa shape index (κ3) is 10.1. The molecule has 6 heterocycles. The van der Waals surface area contributed by atoms with Crippen molar-refractivity contribution in [2.24, 2.45) is 11.8 Å². The van der Waals surface area contributed by atoms with Crippen LogP contribution in [0.3, 0.4) is 0 Å². The molecule has 0 spiro atoms. The number of likely N-dealkylation sites (tertiary alicyclic amines) is 2. The Balaban J connectivity index is 1.00. The number of hydrogen-bond acceptors (Lipinski definition) is 10. The van der Waals surface area contributed by atoms with Crippen LogP contribution in [0.4, 0.5) is 38.5 Å². The van der Waals surface area contributed by atoms with E-state index in [1.807, 2.05) is 37.3 Å². The second kappa shape index (κ2) is 21.7. The average molecular weight is 1050 g/mol. The number of ether oxygens (including phenoxy) is 2. The number of nitrogens with one attached hydrogen (secondary N) is 4. The number of morpholine rings is 1. The van der Waals surface area contributed by atoms with Gasteiger partial charge < -0.3 is 54.8 Å². The molecule has 5 N–H and O–H groups in total. The van der Waals surface area contributed by atoms with Crippen molar-refractivity contribution in [2.75, 3.05) is 56.2 Å². The summed E-state index contributed by atoms with van der Waals surface area (Å²) in [6, 6.07) is 13.9. The highest BCUT2D eigenvalue weighted by Crippen LogP contribution is 2.50. The van der Waals surface area contributed by atoms with E-state index in [9.17, 15) is 24.3 Å². The van der Waals surface area contributed by atoms with Gasteiger partial charge in [0, 0.05) is 49.5 Å². The van der Waals surface area contributed by atoms with E-state index in [1.54, 1.807) is 45.6 Å². The Morgan fingerprint density at radius 1 is 0.763 bits per heavy atom. The average Bonchev–Trinajstić information content (AvgIpc) is 4.28. The van der Waals surface area contributed by atoms with Crippen molar-refractivity contribution in [3.05, 3.63) is 118 Å². The molecule has 76 heavy (non-hydrogen) atoms. The first kappa shape index (κ1) is 52.0. The van der Waals surface area contributed by atoms with Crippen molar-refractivity contribution < 1.29 is 51.3 Å². The maximum atomic E-state index is 16.9. The van der Waals surface area contributed by atoms with Gasteiger partial charge in [-0.15, -0.1) is 0 Å². The SMILES string of the molecule is CC[C@@H](CNC(=O)OC)C(=O)N1CCC[C@H]1c1nc2cc([C@H]3CC[C@H](c4cc5nc([C@@H]6CCCN6C(=O)[C@@H](NC(=O)O)C(C)C)[nH]c5cc4F)N3c3cc(F)c(N4CCO[C@@H](c5ccccc5)C4)c(F)c3)c(F)cc2[nH]1. The first-order valence-electron chi connectivity index (χ1n) is 26.1. The fraction of sp³-hybridized carbons (Fsp3) is 0.455. The first-order valence-corrected chi connectivity index (χ1v) is 26.1. The lowest BCUT2D eigenvalue weighted by Gasteiger charge is -2.36. The van der Waals surface area contributed by atoms with Crippen LogP contribution in [0, 0.1) is 35.1 Å². The number of imidazole rings is 2. The number of carbonyl (C=O) groups is 4. The van der Waals surface area contributed by atoms with Crippen molar-refractivity contribution in [2.45, 2.75) is 102 Å². The van der Waals surface area contributed by atoms with Gasteiger partial charge in [0.15, 0.2) is 11.6 Å². The van der Waals surface area contributed by atoms with Crippen LogP contribution < -0.4 is 20.4 Å². The molecule has 4 aliphatic rings. The summed E-state index contributed by atoms with van der Waals surface area (Å²) in [6.07, 6.45) is 1.00. The monoisotopic (exact) mass is 1050 g/mol. The predicted octanol–water partition coefficient (Wildman–Crippen LogP) is 9.66. The van der Waals surface area contributed by atoms with Gasteiger partial charge in [0.1, 0.15) is 41.1 Å². The number of carbonyl (C=O) groups excluding carboxylic acids is 3. The molecule has 0 radical (unpaired) electrons. The summed E-state index contributed by atoms with van der Waals surface area (Å²) < 4.78 is 78.3. The number of rotatable bonds is 14. The van der Waals surface area contributed by atoms with Gasteiger partial charge in [-0.05, 0) is 92.8 Å². The number of amides is 4. The number of nitrogens with zero attached hydrogens (tertiary/aromatic N) is 6. The molecule has 6 aromatic rings. The fourth-order valence-electron chi connectivity index (χ4n) is 11.8. The van der Waals surface area contributed by atoms with Crippen LogP contribution >= 0.6 is 0 Å². The molecule has 0 saturated carbocycles. The van der Waals surface area contributed by atoms with Crippen LogP contribution in [-0.4, -0.2) is 111 Å². The molecule has 0 unspecified atom stereocenters. The molecule has 4 fully saturated rings. The Morgan fingerprint density at radius 2 is 1.33 bits per heavy atom. The molecule has 0 bridgehead atoms. The quantitative estimate of drug-likeness (QED) is 0.0651. The number of anilines is 2. The summed E-state index contributed by atoms with van der Waals surface area (Å²) in [5.41, 5.74) is 2.50. The van der Waals surface area contributed by atoms with E-state index in [4.69, 9.17) is 19.4 Å². The highest BCUT2D eigenvalue weighted by Gasteiger charge is 2.42. The minimum absolute atomic E-state index is 0.0608. The van der Waals surface area contributed by atoms with Gasteiger partial charge in [-0.2, -0.15) is 0 Å². The molecule has 4 saturated heterocycles. The molecule has 2 aromatic heterocycles. The van der Waals surface area contributed by atoms with E-state index >= 15 is 17.6 Å². The fourth-order valence-corrected chi connectivity index (χ4v) is 11.8. The Kier molecular flexibility index (Phi) is 14.8. The van der Waals surface area contributed by atoms with Gasteiger partial charge in [0.2, 0.25) is 11.8 Å². The molecule has 17 nitrogen and oxygen atoms in total. The van der Waals surface area contributed by atoms with Gasteiger partial charge in [-0.1, -0.05) is 51.1 Å². The van der Waals surface area contributed by atoms with E-state index in [2.05, 4.69) is 20.6 Å². The largest absolute Gasteiger partial charge is 0.465 e. The number of methoxy groups -OCH3 is 1. The van der Waals surface area contributed by atoms with Gasteiger partial charge in [0.25, 0.3) is 0 Å². The van der Waals surface area contributed by atoms with Gasteiger partial charge in [0.05, 0.1) is 65.9 Å². The lowest BCUT2D eigenvalue weighted by atomic mass is 10.0. The van der Waals surface area contributed by atoms with Crippen LogP contribution in [0.15, 0.2) is 66.7 Å². The van der Waals surface area contributed by atoms with Gasteiger partial charge in [-0.25, -0.2) is 37.1 Å². The highest BCUT2D eigenvalue weighted by atomic mass is 19.1. The van der Waals surface area contributed by atoms with E-state index in [0.717, 1.165) is 5.56 Å². The third-order valence-corrected chi connectivity index (χ3v) is 15.6. The minimum Gasteiger partial charge on any atom is -0.465 e. The summed E-state index contributed by atoms with van der Waals surface area (Å²) in [7, 11) is 1.25. The Hall–Kier alpha value is -7.42. The summed E-state index contributed by atoms with van der Waals surface area (Å²) in [6.45, 7) is 6.92. The molecule has 4 aromatic carbocycles. The van der Waals surface area contributed by atoms with Crippen LogP contribution in [0.1, 0.15) is 124 Å². The normalized spacial score (nSPS) is 21.7. The number of halogens is 4. The highest BCUT2D eigenvalue weighted by molar-refractivity contribution is 5.86. The van der Waals surface area contributed by atoms with E-state index in [-0.39, 0.29) is 73.4 Å². The van der Waals surface area contributed by atoms with Gasteiger partial charge in [-0.3, -0.25) is 9.59 Å². The molecule has 402 valence electrons. The molecule has 4 amide bonds.